The molecule has 4 aromatic rings. The van der Waals surface area contributed by atoms with Crippen LogP contribution in [0, 0.1) is 0 Å². The highest BCUT2D eigenvalue weighted by Crippen LogP contribution is 2.64. The first-order chi connectivity index (χ1) is 18.5. The molecule has 4 rings (SSSR count). The Morgan fingerprint density at radius 1 is 0.658 bits per heavy atom. The molecule has 0 saturated carbocycles. The third kappa shape index (κ3) is 5.43. The van der Waals surface area contributed by atoms with Crippen molar-refractivity contribution in [2.45, 2.75) is 13.8 Å². The Kier molecular flexibility index (Phi) is 9.12. The molecule has 0 unspecified atom stereocenters. The Balaban J connectivity index is 2.07. The van der Waals surface area contributed by atoms with Crippen molar-refractivity contribution in [2.75, 3.05) is 13.1 Å². The molecule has 1 N–H and O–H groups in total. The molecule has 0 fully saturated rings. The van der Waals surface area contributed by atoms with E-state index in [1.54, 1.807) is 29.2 Å². The SMILES string of the molecule is CCN(CC)C(=O)/C(NC(=O)c1ccccc1)=C(\Cl)[P+](c1ccccc1)(c1ccccc1)c1ccccc1. The molecule has 0 bridgehead atoms. The molecule has 0 heterocycles. The van der Waals surface area contributed by atoms with Crippen LogP contribution in [-0.2, 0) is 4.79 Å². The van der Waals surface area contributed by atoms with Crippen LogP contribution < -0.4 is 21.2 Å². The summed E-state index contributed by atoms with van der Waals surface area (Å²) in [4.78, 5) is 29.2. The third-order valence-electron chi connectivity index (χ3n) is 6.47. The van der Waals surface area contributed by atoms with Gasteiger partial charge in [0.1, 0.15) is 15.9 Å². The minimum absolute atomic E-state index is 0.106. The van der Waals surface area contributed by atoms with Crippen molar-refractivity contribution >= 4 is 46.6 Å². The van der Waals surface area contributed by atoms with Gasteiger partial charge in [0.25, 0.3) is 11.8 Å². The molecule has 0 saturated heterocycles. The van der Waals surface area contributed by atoms with Crippen LogP contribution in [0.3, 0.4) is 0 Å². The van der Waals surface area contributed by atoms with E-state index in [2.05, 4.69) is 41.7 Å². The van der Waals surface area contributed by atoms with Crippen LogP contribution in [0.4, 0.5) is 0 Å². The van der Waals surface area contributed by atoms with Crippen LogP contribution in [0.25, 0.3) is 0 Å². The molecule has 0 atom stereocenters. The van der Waals surface area contributed by atoms with E-state index in [0.717, 1.165) is 15.9 Å². The molecule has 0 radical (unpaired) electrons. The van der Waals surface area contributed by atoms with Crippen LogP contribution in [0.1, 0.15) is 24.2 Å². The topological polar surface area (TPSA) is 49.4 Å². The van der Waals surface area contributed by atoms with Crippen molar-refractivity contribution < 1.29 is 9.59 Å². The smallest absolute Gasteiger partial charge is 0.275 e. The first-order valence-electron chi connectivity index (χ1n) is 12.7. The average Bonchev–Trinajstić information content (AvgIpc) is 2.99. The second kappa shape index (κ2) is 12.7. The molecule has 4 nitrogen and oxygen atoms in total. The predicted octanol–water partition coefficient (Wildman–Crippen LogP) is 5.69. The van der Waals surface area contributed by atoms with Gasteiger partial charge in [-0.1, -0.05) is 72.8 Å². The van der Waals surface area contributed by atoms with Gasteiger partial charge in [-0.2, -0.15) is 0 Å². The Morgan fingerprint density at radius 2 is 1.03 bits per heavy atom. The minimum Gasteiger partial charge on any atom is -0.338 e. The molecule has 0 aliphatic heterocycles. The van der Waals surface area contributed by atoms with Gasteiger partial charge in [-0.15, -0.1) is 0 Å². The van der Waals surface area contributed by atoms with Crippen molar-refractivity contribution in [3.05, 3.63) is 137 Å². The number of carbonyl (C=O) groups excluding carboxylic acids is 2. The lowest BCUT2D eigenvalue weighted by molar-refractivity contribution is -0.127. The molecule has 0 aliphatic carbocycles. The molecule has 38 heavy (non-hydrogen) atoms. The standard InChI is InChI=1S/C32H30ClN2O2P/c1-3-35(4-2)32(37)29(34-31(36)25-17-9-5-10-18-25)30(33)38(26-19-11-6-12-20-26,27-21-13-7-14-22-27)28-23-15-8-16-24-28/h5-24H,3-4H2,1-2H3/p+1/b30-29-. The Labute approximate surface area is 230 Å². The summed E-state index contributed by atoms with van der Waals surface area (Å²) in [6, 6.07) is 38.9. The Hall–Kier alpha value is -3.72. The zero-order valence-electron chi connectivity index (χ0n) is 21.6. The number of rotatable bonds is 9. The van der Waals surface area contributed by atoms with Crippen molar-refractivity contribution in [3.8, 4) is 0 Å². The quantitative estimate of drug-likeness (QED) is 0.219. The van der Waals surface area contributed by atoms with E-state index in [4.69, 9.17) is 11.6 Å². The number of nitrogens with zero attached hydrogens (tertiary/aromatic N) is 1. The summed E-state index contributed by atoms with van der Waals surface area (Å²) in [5, 5.41) is 5.90. The predicted molar refractivity (Wildman–Crippen MR) is 160 cm³/mol. The maximum absolute atomic E-state index is 14.0. The monoisotopic (exact) mass is 541 g/mol. The third-order valence-corrected chi connectivity index (χ3v) is 11.5. The van der Waals surface area contributed by atoms with E-state index in [1.165, 1.54) is 0 Å². The summed E-state index contributed by atoms with van der Waals surface area (Å²) >= 11 is 7.52. The molecule has 0 aromatic heterocycles. The van der Waals surface area contributed by atoms with Crippen molar-refractivity contribution in [2.24, 2.45) is 0 Å². The summed E-state index contributed by atoms with van der Waals surface area (Å²) in [5.41, 5.74) is 0.555. The van der Waals surface area contributed by atoms with Crippen LogP contribution in [0.15, 0.2) is 132 Å². The molecular formula is C32H31ClN2O2P+. The summed E-state index contributed by atoms with van der Waals surface area (Å²) in [6.45, 7) is 4.80. The highest BCUT2D eigenvalue weighted by molar-refractivity contribution is 8.00. The van der Waals surface area contributed by atoms with Gasteiger partial charge in [0.2, 0.25) is 4.77 Å². The van der Waals surface area contributed by atoms with E-state index in [9.17, 15) is 9.59 Å². The zero-order valence-corrected chi connectivity index (χ0v) is 23.2. The largest absolute Gasteiger partial charge is 0.338 e. The maximum atomic E-state index is 14.0. The van der Waals surface area contributed by atoms with Gasteiger partial charge >= 0.3 is 0 Å². The maximum Gasteiger partial charge on any atom is 0.275 e. The van der Waals surface area contributed by atoms with Crippen LogP contribution >= 0.6 is 18.9 Å². The van der Waals surface area contributed by atoms with Crippen LogP contribution in [0.2, 0.25) is 0 Å². The summed E-state index contributed by atoms with van der Waals surface area (Å²) in [7, 11) is -2.78. The van der Waals surface area contributed by atoms with Crippen LogP contribution in [-0.4, -0.2) is 29.8 Å². The molecule has 2 amide bonds. The average molecular weight is 542 g/mol. The normalized spacial score (nSPS) is 11.9. The van der Waals surface area contributed by atoms with E-state index < -0.39 is 7.26 Å². The van der Waals surface area contributed by atoms with E-state index >= 15 is 0 Å². The Bertz CT molecular complexity index is 1290. The highest BCUT2D eigenvalue weighted by Gasteiger charge is 2.52. The number of halogens is 1. The van der Waals surface area contributed by atoms with E-state index in [0.29, 0.717) is 23.4 Å². The molecule has 0 spiro atoms. The summed E-state index contributed by atoms with van der Waals surface area (Å²) in [6.07, 6.45) is 0. The summed E-state index contributed by atoms with van der Waals surface area (Å²) < 4.78 is 0.335. The van der Waals surface area contributed by atoms with Gasteiger partial charge in [0, 0.05) is 18.7 Å². The fraction of sp³-hybridized carbons (Fsp3) is 0.125. The highest BCUT2D eigenvalue weighted by atomic mass is 35.5. The van der Waals surface area contributed by atoms with Gasteiger partial charge in [0.15, 0.2) is 13.0 Å². The zero-order chi connectivity index (χ0) is 27.0. The Morgan fingerprint density at radius 3 is 1.39 bits per heavy atom. The second-order valence-electron chi connectivity index (χ2n) is 8.64. The van der Waals surface area contributed by atoms with E-state index in [-0.39, 0.29) is 17.5 Å². The molecule has 6 heteroatoms. The lowest BCUT2D eigenvalue weighted by Gasteiger charge is -2.29. The number of amides is 2. The lowest BCUT2D eigenvalue weighted by Crippen LogP contribution is -2.41. The van der Waals surface area contributed by atoms with Crippen LogP contribution in [0.5, 0.6) is 0 Å². The minimum atomic E-state index is -2.78. The van der Waals surface area contributed by atoms with Gasteiger partial charge in [-0.3, -0.25) is 9.59 Å². The van der Waals surface area contributed by atoms with Gasteiger partial charge < -0.3 is 10.2 Å². The van der Waals surface area contributed by atoms with Crippen molar-refractivity contribution in [1.29, 1.82) is 0 Å². The fourth-order valence-corrected chi connectivity index (χ4v) is 9.47. The lowest BCUT2D eigenvalue weighted by atomic mass is 10.2. The molecular weight excluding hydrogens is 511 g/mol. The molecule has 192 valence electrons. The molecule has 0 aliphatic rings. The van der Waals surface area contributed by atoms with Crippen molar-refractivity contribution in [3.63, 3.8) is 0 Å². The summed E-state index contributed by atoms with van der Waals surface area (Å²) in [5.74, 6) is -0.692. The number of nitrogens with one attached hydrogen (secondary N) is 1. The second-order valence-corrected chi connectivity index (χ2v) is 12.6. The number of likely N-dealkylation sites (N-methyl/N-ethyl adjacent to an activating group) is 1. The van der Waals surface area contributed by atoms with Gasteiger partial charge in [0.05, 0.1) is 0 Å². The number of hydrogen-bond donors (Lipinski definition) is 1. The number of benzene rings is 4. The van der Waals surface area contributed by atoms with Crippen molar-refractivity contribution in [1.82, 2.24) is 10.2 Å². The van der Waals surface area contributed by atoms with E-state index in [1.807, 2.05) is 74.5 Å². The number of hydrogen-bond acceptors (Lipinski definition) is 2. The first kappa shape index (κ1) is 27.3. The van der Waals surface area contributed by atoms with Gasteiger partial charge in [-0.25, -0.2) is 0 Å². The molecule has 4 aromatic carbocycles. The number of carbonyl (C=O) groups is 2. The van der Waals surface area contributed by atoms with Gasteiger partial charge in [-0.05, 0) is 74.0 Å². The first-order valence-corrected chi connectivity index (χ1v) is 14.8. The fourth-order valence-electron chi connectivity index (χ4n) is 4.55.